The van der Waals surface area contributed by atoms with Gasteiger partial charge in [-0.3, -0.25) is 9.36 Å². The number of nitrogens with zero attached hydrogens (tertiary/aromatic N) is 1. The predicted octanol–water partition coefficient (Wildman–Crippen LogP) is 4.03. The molecule has 17 heavy (non-hydrogen) atoms. The lowest BCUT2D eigenvalue weighted by Crippen LogP contribution is -2.12. The monoisotopic (exact) mass is 229 g/mol. The van der Waals surface area contributed by atoms with Crippen LogP contribution in [0.5, 0.6) is 0 Å². The predicted molar refractivity (Wildman–Crippen MR) is 71.5 cm³/mol. The number of aryl methyl sites for hydroxylation is 1. The molecule has 2 nitrogen and oxygen atoms in total. The zero-order valence-electron chi connectivity index (χ0n) is 10.6. The second-order valence-electron chi connectivity index (χ2n) is 4.42. The zero-order chi connectivity index (χ0) is 12.3. The van der Waals surface area contributed by atoms with Gasteiger partial charge >= 0.3 is 0 Å². The van der Waals surface area contributed by atoms with Gasteiger partial charge in [0.2, 0.25) is 5.91 Å². The SMILES string of the molecule is CCCC(=O)n1c(CCC)cc2ccccc21. The molecule has 0 aliphatic rings. The molecule has 0 amide bonds. The van der Waals surface area contributed by atoms with Gasteiger partial charge in [-0.05, 0) is 25.0 Å². The summed E-state index contributed by atoms with van der Waals surface area (Å²) in [5, 5.41) is 1.17. The molecule has 2 heteroatoms. The standard InChI is InChI=1S/C15H19NO/c1-3-7-13-11-12-9-5-6-10-14(12)16(13)15(17)8-4-2/h5-6,9-11H,3-4,7-8H2,1-2H3. The van der Waals surface area contributed by atoms with Crippen LogP contribution in [0, 0.1) is 0 Å². The summed E-state index contributed by atoms with van der Waals surface area (Å²) in [5.74, 6) is 0.220. The molecule has 0 fully saturated rings. The third kappa shape index (κ3) is 2.26. The van der Waals surface area contributed by atoms with Crippen molar-refractivity contribution in [1.29, 1.82) is 0 Å². The average Bonchev–Trinajstić information content (AvgIpc) is 2.67. The van der Waals surface area contributed by atoms with Crippen molar-refractivity contribution in [2.24, 2.45) is 0 Å². The van der Waals surface area contributed by atoms with E-state index in [-0.39, 0.29) is 5.91 Å². The Labute approximate surface area is 102 Å². The van der Waals surface area contributed by atoms with Crippen LogP contribution in [0.25, 0.3) is 10.9 Å². The van der Waals surface area contributed by atoms with Gasteiger partial charge in [0.25, 0.3) is 0 Å². The number of rotatable bonds is 4. The molecule has 2 aromatic rings. The molecule has 0 aliphatic heterocycles. The normalized spacial score (nSPS) is 10.9. The molecule has 0 spiro atoms. The van der Waals surface area contributed by atoms with Gasteiger partial charge in [-0.15, -0.1) is 0 Å². The van der Waals surface area contributed by atoms with E-state index < -0.39 is 0 Å². The molecule has 0 bridgehead atoms. The van der Waals surface area contributed by atoms with E-state index in [1.165, 1.54) is 5.39 Å². The molecule has 1 aromatic heterocycles. The molecule has 0 saturated heterocycles. The molecule has 0 saturated carbocycles. The van der Waals surface area contributed by atoms with Crippen LogP contribution in [-0.2, 0) is 6.42 Å². The van der Waals surface area contributed by atoms with E-state index >= 15 is 0 Å². The number of aromatic nitrogens is 1. The third-order valence-corrected chi connectivity index (χ3v) is 3.01. The van der Waals surface area contributed by atoms with Crippen molar-refractivity contribution in [1.82, 2.24) is 4.57 Å². The molecule has 0 aliphatic carbocycles. The number of para-hydroxylation sites is 1. The molecule has 1 aromatic carbocycles. The lowest BCUT2D eigenvalue weighted by molar-refractivity contribution is 0.0904. The van der Waals surface area contributed by atoms with Crippen LogP contribution < -0.4 is 0 Å². The number of carbonyl (C=O) groups excluding carboxylic acids is 1. The van der Waals surface area contributed by atoms with Crippen LogP contribution >= 0.6 is 0 Å². The van der Waals surface area contributed by atoms with E-state index in [0.29, 0.717) is 6.42 Å². The average molecular weight is 229 g/mol. The molecule has 0 N–H and O–H groups in total. The minimum Gasteiger partial charge on any atom is -0.284 e. The summed E-state index contributed by atoms with van der Waals surface area (Å²) in [4.78, 5) is 12.2. The van der Waals surface area contributed by atoms with Crippen LogP contribution in [0.1, 0.15) is 43.6 Å². The van der Waals surface area contributed by atoms with Gasteiger partial charge in [-0.1, -0.05) is 38.5 Å². The Bertz CT molecular complexity index is 525. The van der Waals surface area contributed by atoms with E-state index in [1.54, 1.807) is 0 Å². The number of fused-ring (bicyclic) bond motifs is 1. The fourth-order valence-electron chi connectivity index (χ4n) is 2.27. The largest absolute Gasteiger partial charge is 0.284 e. The number of hydrogen-bond donors (Lipinski definition) is 0. The van der Waals surface area contributed by atoms with E-state index in [4.69, 9.17) is 0 Å². The van der Waals surface area contributed by atoms with Crippen molar-refractivity contribution in [2.75, 3.05) is 0 Å². The molecule has 0 unspecified atom stereocenters. The smallest absolute Gasteiger partial charge is 0.231 e. The van der Waals surface area contributed by atoms with Gasteiger partial charge in [-0.2, -0.15) is 0 Å². The fraction of sp³-hybridized carbons (Fsp3) is 0.400. The van der Waals surface area contributed by atoms with Crippen molar-refractivity contribution in [3.8, 4) is 0 Å². The molecule has 0 atom stereocenters. The second-order valence-corrected chi connectivity index (χ2v) is 4.42. The van der Waals surface area contributed by atoms with Crippen molar-refractivity contribution in [2.45, 2.75) is 39.5 Å². The van der Waals surface area contributed by atoms with Crippen LogP contribution in [-0.4, -0.2) is 10.5 Å². The first-order valence-electron chi connectivity index (χ1n) is 6.40. The Morgan fingerprint density at radius 3 is 2.65 bits per heavy atom. The first-order chi connectivity index (χ1) is 8.27. The maximum atomic E-state index is 12.2. The highest BCUT2D eigenvalue weighted by atomic mass is 16.2. The molecular weight excluding hydrogens is 210 g/mol. The van der Waals surface area contributed by atoms with Crippen LogP contribution in [0.15, 0.2) is 30.3 Å². The maximum Gasteiger partial charge on any atom is 0.231 e. The van der Waals surface area contributed by atoms with Crippen LogP contribution in [0.4, 0.5) is 0 Å². The highest BCUT2D eigenvalue weighted by molar-refractivity contribution is 5.93. The van der Waals surface area contributed by atoms with Crippen LogP contribution in [0.3, 0.4) is 0 Å². The van der Waals surface area contributed by atoms with Crippen molar-refractivity contribution >= 4 is 16.8 Å². The maximum absolute atomic E-state index is 12.2. The summed E-state index contributed by atoms with van der Waals surface area (Å²) in [7, 11) is 0. The Hall–Kier alpha value is -1.57. The Balaban J connectivity index is 2.55. The first kappa shape index (κ1) is 11.9. The lowest BCUT2D eigenvalue weighted by Gasteiger charge is -2.07. The molecule has 90 valence electrons. The van der Waals surface area contributed by atoms with Gasteiger partial charge in [0.15, 0.2) is 0 Å². The summed E-state index contributed by atoms with van der Waals surface area (Å²) in [6.07, 6.45) is 3.55. The highest BCUT2D eigenvalue weighted by Gasteiger charge is 2.13. The fourth-order valence-corrected chi connectivity index (χ4v) is 2.27. The summed E-state index contributed by atoms with van der Waals surface area (Å²) in [6.45, 7) is 4.19. The van der Waals surface area contributed by atoms with E-state index in [2.05, 4.69) is 19.1 Å². The van der Waals surface area contributed by atoms with Crippen molar-refractivity contribution < 1.29 is 4.79 Å². The van der Waals surface area contributed by atoms with Gasteiger partial charge in [0, 0.05) is 17.5 Å². The minimum absolute atomic E-state index is 0.220. The first-order valence-corrected chi connectivity index (χ1v) is 6.40. The van der Waals surface area contributed by atoms with Gasteiger partial charge < -0.3 is 0 Å². The van der Waals surface area contributed by atoms with Crippen LogP contribution in [0.2, 0.25) is 0 Å². The zero-order valence-corrected chi connectivity index (χ0v) is 10.6. The minimum atomic E-state index is 0.220. The van der Waals surface area contributed by atoms with Crippen molar-refractivity contribution in [3.05, 3.63) is 36.0 Å². The summed E-state index contributed by atoms with van der Waals surface area (Å²) >= 11 is 0. The quantitative estimate of drug-likeness (QED) is 0.775. The molecule has 1 heterocycles. The number of hydrogen-bond acceptors (Lipinski definition) is 1. The topological polar surface area (TPSA) is 22.0 Å². The molecule has 2 rings (SSSR count). The van der Waals surface area contributed by atoms with E-state index in [1.807, 2.05) is 29.7 Å². The second kappa shape index (κ2) is 5.17. The number of carbonyl (C=O) groups is 1. The Kier molecular flexibility index (Phi) is 3.62. The molecular formula is C15H19NO. The van der Waals surface area contributed by atoms with Gasteiger partial charge in [0.1, 0.15) is 0 Å². The summed E-state index contributed by atoms with van der Waals surface area (Å²) in [6, 6.07) is 10.3. The van der Waals surface area contributed by atoms with E-state index in [0.717, 1.165) is 30.5 Å². The Morgan fingerprint density at radius 1 is 1.18 bits per heavy atom. The summed E-state index contributed by atoms with van der Waals surface area (Å²) < 4.78 is 1.91. The lowest BCUT2D eigenvalue weighted by atomic mass is 10.2. The Morgan fingerprint density at radius 2 is 1.94 bits per heavy atom. The van der Waals surface area contributed by atoms with Crippen molar-refractivity contribution in [3.63, 3.8) is 0 Å². The van der Waals surface area contributed by atoms with Gasteiger partial charge in [-0.25, -0.2) is 0 Å². The van der Waals surface area contributed by atoms with Gasteiger partial charge in [0.05, 0.1) is 5.52 Å². The number of benzene rings is 1. The highest BCUT2D eigenvalue weighted by Crippen LogP contribution is 2.21. The third-order valence-electron chi connectivity index (χ3n) is 3.01. The molecule has 0 radical (unpaired) electrons. The summed E-state index contributed by atoms with van der Waals surface area (Å²) in [5.41, 5.74) is 2.20. The van der Waals surface area contributed by atoms with E-state index in [9.17, 15) is 4.79 Å².